The van der Waals surface area contributed by atoms with Crippen molar-refractivity contribution in [2.45, 2.75) is 57.8 Å². The summed E-state index contributed by atoms with van der Waals surface area (Å²) in [4.78, 5) is 20.8. The van der Waals surface area contributed by atoms with Crippen LogP contribution in [0.25, 0.3) is 11.0 Å². The molecule has 1 aliphatic carbocycles. The Balaban J connectivity index is 1.80. The van der Waals surface area contributed by atoms with E-state index in [0.29, 0.717) is 23.4 Å². The molecule has 1 saturated carbocycles. The molecule has 0 amide bonds. The number of ether oxygens (including phenoxy) is 1. The monoisotopic (exact) mass is 364 g/mol. The van der Waals surface area contributed by atoms with Crippen LogP contribution in [0.5, 0.6) is 0 Å². The Morgan fingerprint density at radius 1 is 1.28 bits per heavy atom. The van der Waals surface area contributed by atoms with Gasteiger partial charge in [0.25, 0.3) is 0 Å². The summed E-state index contributed by atoms with van der Waals surface area (Å²) < 4.78 is 6.55. The number of aryl methyl sites for hydroxylation is 2. The summed E-state index contributed by atoms with van der Waals surface area (Å²) in [6, 6.07) is 0. The summed E-state index contributed by atoms with van der Waals surface area (Å²) in [5.74, 6) is 1.39. The van der Waals surface area contributed by atoms with E-state index in [1.165, 1.54) is 7.11 Å². The zero-order valence-electron chi connectivity index (χ0n) is 15.1. The molecule has 1 aliphatic rings. The molecule has 0 N–H and O–H groups in total. The fraction of sp³-hybridized carbons (Fsp3) is 0.667. The van der Waals surface area contributed by atoms with E-state index in [4.69, 9.17) is 21.3 Å². The highest BCUT2D eigenvalue weighted by Crippen LogP contribution is 2.37. The second-order valence-electron chi connectivity index (χ2n) is 6.89. The highest BCUT2D eigenvalue weighted by Gasteiger charge is 2.27. The molecule has 0 unspecified atom stereocenters. The van der Waals surface area contributed by atoms with Gasteiger partial charge in [-0.05, 0) is 38.0 Å². The van der Waals surface area contributed by atoms with Crippen LogP contribution in [0.15, 0.2) is 0 Å². The number of carbonyl (C=O) groups is 1. The summed E-state index contributed by atoms with van der Waals surface area (Å²) in [6.45, 7) is 2.13. The Bertz CT molecular complexity index is 766. The van der Waals surface area contributed by atoms with Crippen molar-refractivity contribution in [1.29, 1.82) is 0 Å². The fourth-order valence-corrected chi connectivity index (χ4v) is 4.04. The van der Waals surface area contributed by atoms with E-state index >= 15 is 0 Å². The number of fused-ring (bicyclic) bond motifs is 1. The van der Waals surface area contributed by atoms with Gasteiger partial charge in [0.1, 0.15) is 16.9 Å². The molecular weight excluding hydrogens is 340 g/mol. The summed E-state index contributed by atoms with van der Waals surface area (Å²) in [6.07, 6.45) is 6.35. The van der Waals surface area contributed by atoms with Gasteiger partial charge in [0.2, 0.25) is 0 Å². The maximum atomic E-state index is 11.5. The zero-order valence-corrected chi connectivity index (χ0v) is 15.8. The average Bonchev–Trinajstić information content (AvgIpc) is 2.92. The molecule has 1 fully saturated rings. The minimum atomic E-state index is -0.122. The Labute approximate surface area is 152 Å². The number of hydrogen-bond donors (Lipinski definition) is 0. The van der Waals surface area contributed by atoms with Crippen LogP contribution in [-0.4, -0.2) is 32.8 Å². The predicted molar refractivity (Wildman–Crippen MR) is 96.6 cm³/mol. The lowest BCUT2D eigenvalue weighted by Gasteiger charge is -2.27. The number of rotatable bonds is 5. The van der Waals surface area contributed by atoms with Crippen molar-refractivity contribution < 1.29 is 9.53 Å². The molecule has 0 saturated heterocycles. The van der Waals surface area contributed by atoms with Crippen LogP contribution in [0, 0.1) is 5.92 Å². The van der Waals surface area contributed by atoms with E-state index in [1.807, 2.05) is 7.05 Å². The van der Waals surface area contributed by atoms with Crippen molar-refractivity contribution in [2.75, 3.05) is 7.11 Å². The molecule has 136 valence electrons. The van der Waals surface area contributed by atoms with Crippen LogP contribution in [0.2, 0.25) is 5.15 Å². The maximum absolute atomic E-state index is 11.5. The Morgan fingerprint density at radius 2 is 2.00 bits per heavy atom. The summed E-state index contributed by atoms with van der Waals surface area (Å²) in [5, 5.41) is 5.04. The third-order valence-corrected chi connectivity index (χ3v) is 5.37. The Hall–Kier alpha value is -1.69. The third-order valence-electron chi connectivity index (χ3n) is 5.11. The quantitative estimate of drug-likeness (QED) is 0.596. The van der Waals surface area contributed by atoms with Crippen LogP contribution in [0.1, 0.15) is 62.9 Å². The van der Waals surface area contributed by atoms with Gasteiger partial charge in [0, 0.05) is 19.4 Å². The average molecular weight is 365 g/mol. The molecule has 0 spiro atoms. The van der Waals surface area contributed by atoms with Crippen molar-refractivity contribution in [1.82, 2.24) is 19.7 Å². The van der Waals surface area contributed by atoms with E-state index in [-0.39, 0.29) is 5.97 Å². The lowest BCUT2D eigenvalue weighted by atomic mass is 9.80. The first-order valence-electron chi connectivity index (χ1n) is 8.99. The maximum Gasteiger partial charge on any atom is 0.305 e. The predicted octanol–water partition coefficient (Wildman–Crippen LogP) is 3.81. The molecule has 0 aliphatic heterocycles. The number of carbonyl (C=O) groups excluding carboxylic acids is 1. The van der Waals surface area contributed by atoms with Gasteiger partial charge in [0.15, 0.2) is 5.15 Å². The van der Waals surface area contributed by atoms with Crippen molar-refractivity contribution in [3.05, 3.63) is 16.7 Å². The van der Waals surface area contributed by atoms with Crippen LogP contribution in [-0.2, 0) is 23.0 Å². The van der Waals surface area contributed by atoms with Gasteiger partial charge in [-0.2, -0.15) is 5.10 Å². The van der Waals surface area contributed by atoms with E-state index in [2.05, 4.69) is 17.0 Å². The highest BCUT2D eigenvalue weighted by molar-refractivity contribution is 6.33. The second-order valence-corrected chi connectivity index (χ2v) is 7.25. The molecule has 7 heteroatoms. The minimum absolute atomic E-state index is 0.122. The first kappa shape index (κ1) is 18.1. The molecule has 0 radical (unpaired) electrons. The molecule has 0 aromatic carbocycles. The first-order chi connectivity index (χ1) is 12.0. The molecule has 0 atom stereocenters. The smallest absolute Gasteiger partial charge is 0.305 e. The molecule has 25 heavy (non-hydrogen) atoms. The van der Waals surface area contributed by atoms with Crippen molar-refractivity contribution in [3.8, 4) is 0 Å². The Kier molecular flexibility index (Phi) is 5.57. The summed E-state index contributed by atoms with van der Waals surface area (Å²) in [5.41, 5.74) is 2.69. The van der Waals surface area contributed by atoms with Crippen LogP contribution < -0.4 is 0 Å². The zero-order chi connectivity index (χ0) is 18.0. The lowest BCUT2D eigenvalue weighted by Crippen LogP contribution is -2.18. The van der Waals surface area contributed by atoms with Gasteiger partial charge in [-0.3, -0.25) is 9.48 Å². The highest BCUT2D eigenvalue weighted by atomic mass is 35.5. The minimum Gasteiger partial charge on any atom is -0.469 e. The van der Waals surface area contributed by atoms with Gasteiger partial charge >= 0.3 is 5.97 Å². The van der Waals surface area contributed by atoms with Crippen LogP contribution in [0.3, 0.4) is 0 Å². The molecule has 2 aromatic heterocycles. The number of hydrogen-bond acceptors (Lipinski definition) is 5. The van der Waals surface area contributed by atoms with E-state index in [0.717, 1.165) is 61.1 Å². The summed E-state index contributed by atoms with van der Waals surface area (Å²) in [7, 11) is 3.33. The summed E-state index contributed by atoms with van der Waals surface area (Å²) >= 11 is 6.44. The Morgan fingerprint density at radius 3 is 2.64 bits per heavy atom. The van der Waals surface area contributed by atoms with Crippen molar-refractivity contribution in [2.24, 2.45) is 13.0 Å². The first-order valence-corrected chi connectivity index (χ1v) is 9.37. The molecule has 0 bridgehead atoms. The standard InChI is InChI=1S/C18H25ClN4O2/c1-4-5-13-15-16(23(2)22-13)17(19)21-18(20-15)12-8-6-11(7-9-12)10-14(24)25-3/h11-12H,4-10H2,1-3H3. The van der Waals surface area contributed by atoms with Crippen molar-refractivity contribution >= 4 is 28.6 Å². The number of halogens is 1. The van der Waals surface area contributed by atoms with Gasteiger partial charge in [0.05, 0.1) is 12.8 Å². The van der Waals surface area contributed by atoms with E-state index < -0.39 is 0 Å². The van der Waals surface area contributed by atoms with E-state index in [9.17, 15) is 4.79 Å². The van der Waals surface area contributed by atoms with Crippen molar-refractivity contribution in [3.63, 3.8) is 0 Å². The van der Waals surface area contributed by atoms with Gasteiger partial charge in [-0.1, -0.05) is 24.9 Å². The van der Waals surface area contributed by atoms with Gasteiger partial charge < -0.3 is 4.74 Å². The van der Waals surface area contributed by atoms with E-state index in [1.54, 1.807) is 4.68 Å². The van der Waals surface area contributed by atoms with Crippen LogP contribution >= 0.6 is 11.6 Å². The van der Waals surface area contributed by atoms with Gasteiger partial charge in [-0.25, -0.2) is 9.97 Å². The number of methoxy groups -OCH3 is 1. The molecule has 6 nitrogen and oxygen atoms in total. The number of aromatic nitrogens is 4. The number of nitrogens with zero attached hydrogens (tertiary/aromatic N) is 4. The normalized spacial score (nSPS) is 20.8. The van der Waals surface area contributed by atoms with Crippen LogP contribution in [0.4, 0.5) is 0 Å². The number of esters is 1. The fourth-order valence-electron chi connectivity index (χ4n) is 3.74. The largest absolute Gasteiger partial charge is 0.469 e. The second kappa shape index (κ2) is 7.68. The molecule has 3 rings (SSSR count). The SMILES string of the molecule is CCCc1nn(C)c2c(Cl)nc(C3CCC(CC(=O)OC)CC3)nc12. The molecular formula is C18H25ClN4O2. The molecule has 2 aromatic rings. The molecule has 2 heterocycles. The topological polar surface area (TPSA) is 69.9 Å². The third kappa shape index (κ3) is 3.78. The van der Waals surface area contributed by atoms with Gasteiger partial charge in [-0.15, -0.1) is 0 Å². The lowest BCUT2D eigenvalue weighted by molar-refractivity contribution is -0.142.